The van der Waals surface area contributed by atoms with Crippen molar-refractivity contribution in [3.05, 3.63) is 18.3 Å². The van der Waals surface area contributed by atoms with E-state index in [2.05, 4.69) is 15.6 Å². The molecule has 2 heterocycles. The summed E-state index contributed by atoms with van der Waals surface area (Å²) in [5, 5.41) is 5.64. The van der Waals surface area contributed by atoms with Crippen LogP contribution >= 0.6 is 24.8 Å². The molecule has 0 bridgehead atoms. The van der Waals surface area contributed by atoms with Crippen LogP contribution in [0.15, 0.2) is 18.3 Å². The highest BCUT2D eigenvalue weighted by molar-refractivity contribution is 5.99. The Bertz CT molecular complexity index is 701. The summed E-state index contributed by atoms with van der Waals surface area (Å²) in [6, 6.07) is 3.58. The lowest BCUT2D eigenvalue weighted by molar-refractivity contribution is -0.166. The largest absolute Gasteiger partial charge is 0.378 e. The van der Waals surface area contributed by atoms with E-state index in [0.29, 0.717) is 37.6 Å². The van der Waals surface area contributed by atoms with Gasteiger partial charge in [0.15, 0.2) is 0 Å². The van der Waals surface area contributed by atoms with Gasteiger partial charge in [-0.15, -0.1) is 24.8 Å². The third-order valence-electron chi connectivity index (χ3n) is 5.60. The van der Waals surface area contributed by atoms with Crippen LogP contribution in [-0.2, 0) is 14.3 Å². The van der Waals surface area contributed by atoms with Crippen molar-refractivity contribution in [1.82, 2.24) is 10.3 Å². The second-order valence-electron chi connectivity index (χ2n) is 7.47. The second-order valence-corrected chi connectivity index (χ2v) is 7.47. The van der Waals surface area contributed by atoms with Crippen molar-refractivity contribution >= 4 is 48.1 Å². The van der Waals surface area contributed by atoms with E-state index in [1.54, 1.807) is 18.3 Å². The van der Waals surface area contributed by atoms with Crippen LogP contribution in [-0.4, -0.2) is 54.7 Å². The standard InChI is InChI=1S/C18H27N5O3.2ClH/c1-4-26-13-9-18(19,17(13,2)3)16(25)22-12-5-6-14(21-10-12)23-8-7-20-15(24)11-23;;/h5-6,10,13H,4,7-9,11,19H2,1-3H3,(H,20,24)(H,22,25);2*1H. The van der Waals surface area contributed by atoms with E-state index in [9.17, 15) is 9.59 Å². The molecule has 28 heavy (non-hydrogen) atoms. The zero-order valence-electron chi connectivity index (χ0n) is 16.4. The van der Waals surface area contributed by atoms with Crippen LogP contribution in [0.25, 0.3) is 0 Å². The number of carbonyl (C=O) groups is 2. The Morgan fingerprint density at radius 3 is 2.68 bits per heavy atom. The number of pyridine rings is 1. The van der Waals surface area contributed by atoms with Gasteiger partial charge in [-0.05, 0) is 19.1 Å². The summed E-state index contributed by atoms with van der Waals surface area (Å²) in [4.78, 5) is 30.5. The van der Waals surface area contributed by atoms with Crippen molar-refractivity contribution in [2.75, 3.05) is 36.5 Å². The van der Waals surface area contributed by atoms with Crippen molar-refractivity contribution in [3.8, 4) is 0 Å². The first kappa shape index (κ1) is 24.4. The van der Waals surface area contributed by atoms with E-state index in [0.717, 1.165) is 0 Å². The highest BCUT2D eigenvalue weighted by Gasteiger charge is 2.62. The minimum Gasteiger partial charge on any atom is -0.378 e. The van der Waals surface area contributed by atoms with Gasteiger partial charge in [-0.3, -0.25) is 9.59 Å². The first-order chi connectivity index (χ1) is 12.3. The van der Waals surface area contributed by atoms with Crippen LogP contribution in [0, 0.1) is 5.41 Å². The predicted octanol–water partition coefficient (Wildman–Crippen LogP) is 1.33. The van der Waals surface area contributed by atoms with E-state index >= 15 is 0 Å². The number of halogens is 2. The molecule has 1 aromatic heterocycles. The number of rotatable bonds is 5. The Morgan fingerprint density at radius 1 is 1.43 bits per heavy atom. The molecule has 0 radical (unpaired) electrons. The van der Waals surface area contributed by atoms with Crippen LogP contribution < -0.4 is 21.3 Å². The number of nitrogens with two attached hydrogens (primary N) is 1. The minimum absolute atomic E-state index is 0. The van der Waals surface area contributed by atoms with E-state index in [-0.39, 0.29) is 49.3 Å². The van der Waals surface area contributed by atoms with Gasteiger partial charge >= 0.3 is 0 Å². The number of hydrogen-bond donors (Lipinski definition) is 3. The lowest BCUT2D eigenvalue weighted by atomic mass is 9.54. The normalized spacial score (nSPS) is 25.5. The number of aromatic nitrogens is 1. The molecule has 10 heteroatoms. The van der Waals surface area contributed by atoms with Crippen molar-refractivity contribution < 1.29 is 14.3 Å². The fraction of sp³-hybridized carbons (Fsp3) is 0.611. The lowest BCUT2D eigenvalue weighted by Crippen LogP contribution is -2.74. The molecule has 0 aromatic carbocycles. The van der Waals surface area contributed by atoms with E-state index in [1.807, 2.05) is 25.7 Å². The summed E-state index contributed by atoms with van der Waals surface area (Å²) < 4.78 is 5.67. The van der Waals surface area contributed by atoms with Gasteiger partial charge in [0, 0.05) is 31.5 Å². The number of anilines is 2. The quantitative estimate of drug-likeness (QED) is 0.645. The Hall–Kier alpha value is -1.61. The maximum atomic E-state index is 12.7. The molecule has 158 valence electrons. The minimum atomic E-state index is -0.976. The molecule has 3 rings (SSSR count). The van der Waals surface area contributed by atoms with Gasteiger partial charge < -0.3 is 26.0 Å². The van der Waals surface area contributed by atoms with Gasteiger partial charge in [0.05, 0.1) is 24.5 Å². The fourth-order valence-corrected chi connectivity index (χ4v) is 3.54. The van der Waals surface area contributed by atoms with E-state index in [1.165, 1.54) is 0 Å². The first-order valence-electron chi connectivity index (χ1n) is 8.97. The van der Waals surface area contributed by atoms with Crippen LogP contribution in [0.4, 0.5) is 11.5 Å². The van der Waals surface area contributed by atoms with Crippen molar-refractivity contribution in [3.63, 3.8) is 0 Å². The van der Waals surface area contributed by atoms with Crippen LogP contribution in [0.5, 0.6) is 0 Å². The molecule has 4 N–H and O–H groups in total. The highest BCUT2D eigenvalue weighted by atomic mass is 35.5. The molecule has 1 aliphatic carbocycles. The van der Waals surface area contributed by atoms with Crippen molar-refractivity contribution in [1.29, 1.82) is 0 Å². The van der Waals surface area contributed by atoms with Gasteiger partial charge in [0.25, 0.3) is 0 Å². The number of carbonyl (C=O) groups excluding carboxylic acids is 2. The Morgan fingerprint density at radius 2 is 2.14 bits per heavy atom. The number of ether oxygens (including phenoxy) is 1. The molecular formula is C18H29Cl2N5O3. The van der Waals surface area contributed by atoms with Gasteiger partial charge in [-0.25, -0.2) is 4.98 Å². The number of amides is 2. The summed E-state index contributed by atoms with van der Waals surface area (Å²) in [7, 11) is 0. The predicted molar refractivity (Wildman–Crippen MR) is 113 cm³/mol. The molecule has 0 spiro atoms. The number of piperazine rings is 1. The SMILES string of the molecule is CCOC1CC(N)(C(=O)Nc2ccc(N3CCNC(=O)C3)nc2)C1(C)C.Cl.Cl. The third kappa shape index (κ3) is 4.35. The summed E-state index contributed by atoms with van der Waals surface area (Å²) >= 11 is 0. The molecule has 1 aliphatic heterocycles. The molecule has 2 aliphatic rings. The Balaban J connectivity index is 0.00000196. The molecule has 2 unspecified atom stereocenters. The van der Waals surface area contributed by atoms with Crippen molar-refractivity contribution in [2.24, 2.45) is 11.1 Å². The monoisotopic (exact) mass is 433 g/mol. The summed E-state index contributed by atoms with van der Waals surface area (Å²) in [6.45, 7) is 8.06. The number of nitrogens with one attached hydrogen (secondary N) is 2. The van der Waals surface area contributed by atoms with Crippen LogP contribution in [0.3, 0.4) is 0 Å². The molecule has 1 aromatic rings. The van der Waals surface area contributed by atoms with Gasteiger partial charge in [0.1, 0.15) is 11.4 Å². The first-order valence-corrected chi connectivity index (χ1v) is 8.97. The molecule has 8 nitrogen and oxygen atoms in total. The smallest absolute Gasteiger partial charge is 0.245 e. The maximum Gasteiger partial charge on any atom is 0.245 e. The Kier molecular flexibility index (Phi) is 8.08. The highest BCUT2D eigenvalue weighted by Crippen LogP contribution is 2.50. The summed E-state index contributed by atoms with van der Waals surface area (Å²) in [5.41, 5.74) is 5.56. The van der Waals surface area contributed by atoms with Crippen LogP contribution in [0.1, 0.15) is 27.2 Å². The zero-order chi connectivity index (χ0) is 18.9. The van der Waals surface area contributed by atoms with E-state index < -0.39 is 11.0 Å². The topological polar surface area (TPSA) is 110 Å². The molecular weight excluding hydrogens is 405 g/mol. The average Bonchev–Trinajstić information content (AvgIpc) is 2.62. The van der Waals surface area contributed by atoms with Crippen LogP contribution in [0.2, 0.25) is 0 Å². The fourth-order valence-electron chi connectivity index (χ4n) is 3.54. The number of nitrogens with zero attached hydrogens (tertiary/aromatic N) is 2. The average molecular weight is 434 g/mol. The zero-order valence-corrected chi connectivity index (χ0v) is 18.0. The van der Waals surface area contributed by atoms with Gasteiger partial charge in [-0.2, -0.15) is 0 Å². The van der Waals surface area contributed by atoms with Crippen molar-refractivity contribution in [2.45, 2.75) is 38.8 Å². The lowest BCUT2D eigenvalue weighted by Gasteiger charge is -2.57. The number of hydrogen-bond acceptors (Lipinski definition) is 6. The Labute approximate surface area is 177 Å². The molecule has 2 atom stereocenters. The maximum absolute atomic E-state index is 12.7. The third-order valence-corrected chi connectivity index (χ3v) is 5.60. The van der Waals surface area contributed by atoms with Gasteiger partial charge in [-0.1, -0.05) is 13.8 Å². The second kappa shape index (κ2) is 9.26. The molecule has 2 amide bonds. The molecule has 1 saturated carbocycles. The van der Waals surface area contributed by atoms with E-state index in [4.69, 9.17) is 10.5 Å². The summed E-state index contributed by atoms with van der Waals surface area (Å²) in [6.07, 6.45) is 2.07. The molecule has 2 fully saturated rings. The summed E-state index contributed by atoms with van der Waals surface area (Å²) in [5.74, 6) is 0.461. The molecule has 1 saturated heterocycles. The van der Waals surface area contributed by atoms with Gasteiger partial charge in [0.2, 0.25) is 11.8 Å².